The molecule has 1 aliphatic carbocycles. The molecule has 1 saturated carbocycles. The van der Waals surface area contributed by atoms with Crippen molar-refractivity contribution in [3.63, 3.8) is 0 Å². The van der Waals surface area contributed by atoms with Crippen molar-refractivity contribution in [1.82, 2.24) is 5.48 Å². The summed E-state index contributed by atoms with van der Waals surface area (Å²) >= 11 is 0. The summed E-state index contributed by atoms with van der Waals surface area (Å²) in [6.07, 6.45) is 4.34. The molecule has 0 heterocycles. The van der Waals surface area contributed by atoms with Gasteiger partial charge in [-0.1, -0.05) is 6.42 Å². The first-order chi connectivity index (χ1) is 5.33. The van der Waals surface area contributed by atoms with E-state index in [4.69, 9.17) is 4.84 Å². The minimum absolute atomic E-state index is 0.0246. The van der Waals surface area contributed by atoms with Gasteiger partial charge in [0.15, 0.2) is 0 Å². The van der Waals surface area contributed by atoms with Crippen molar-refractivity contribution in [2.45, 2.75) is 32.6 Å². The molecule has 1 rings (SSSR count). The Hall–Kier alpha value is -0.570. The minimum atomic E-state index is 0.0246. The number of nitrogens with one attached hydrogen (secondary N) is 1. The standard InChI is InChI=1S/C8H15NO2/c1-2-11-9-8(10)6-7-4-3-5-7/h7H,2-6H2,1H3,(H,9,10). The van der Waals surface area contributed by atoms with Gasteiger partial charge in [0.1, 0.15) is 0 Å². The average molecular weight is 157 g/mol. The molecule has 3 heteroatoms. The van der Waals surface area contributed by atoms with Crippen molar-refractivity contribution in [1.29, 1.82) is 0 Å². The highest BCUT2D eigenvalue weighted by atomic mass is 16.6. The molecule has 0 aromatic rings. The van der Waals surface area contributed by atoms with E-state index in [9.17, 15) is 4.79 Å². The van der Waals surface area contributed by atoms with E-state index in [0.717, 1.165) is 0 Å². The maximum atomic E-state index is 11.0. The number of hydrogen-bond acceptors (Lipinski definition) is 2. The van der Waals surface area contributed by atoms with Gasteiger partial charge in [0, 0.05) is 6.42 Å². The lowest BCUT2D eigenvalue weighted by Crippen LogP contribution is -2.27. The average Bonchev–Trinajstić information content (AvgIpc) is 1.93. The Balaban J connectivity index is 2.00. The van der Waals surface area contributed by atoms with Crippen molar-refractivity contribution < 1.29 is 9.63 Å². The molecule has 0 bridgehead atoms. The first-order valence-corrected chi connectivity index (χ1v) is 4.23. The summed E-state index contributed by atoms with van der Waals surface area (Å²) in [4.78, 5) is 15.7. The third-order valence-corrected chi connectivity index (χ3v) is 2.03. The molecule has 0 aromatic heterocycles. The summed E-state index contributed by atoms with van der Waals surface area (Å²) in [5.41, 5.74) is 2.39. The summed E-state index contributed by atoms with van der Waals surface area (Å²) in [6, 6.07) is 0. The van der Waals surface area contributed by atoms with Crippen LogP contribution in [0.5, 0.6) is 0 Å². The van der Waals surface area contributed by atoms with Crippen molar-refractivity contribution >= 4 is 5.91 Å². The maximum absolute atomic E-state index is 11.0. The summed E-state index contributed by atoms with van der Waals surface area (Å²) in [7, 11) is 0. The summed E-state index contributed by atoms with van der Waals surface area (Å²) in [5, 5.41) is 0. The van der Waals surface area contributed by atoms with Gasteiger partial charge in [0.2, 0.25) is 5.91 Å². The van der Waals surface area contributed by atoms with Crippen LogP contribution < -0.4 is 5.48 Å². The second-order valence-electron chi connectivity index (χ2n) is 2.96. The molecule has 1 aliphatic rings. The number of hydrogen-bond donors (Lipinski definition) is 1. The molecule has 0 aliphatic heterocycles. The van der Waals surface area contributed by atoms with Crippen LogP contribution in [0.2, 0.25) is 0 Å². The van der Waals surface area contributed by atoms with Gasteiger partial charge in [-0.3, -0.25) is 9.63 Å². The highest BCUT2D eigenvalue weighted by Crippen LogP contribution is 2.28. The number of amides is 1. The quantitative estimate of drug-likeness (QED) is 0.623. The monoisotopic (exact) mass is 157 g/mol. The van der Waals surface area contributed by atoms with Crippen LogP contribution >= 0.6 is 0 Å². The lowest BCUT2D eigenvalue weighted by Gasteiger charge is -2.24. The fourth-order valence-corrected chi connectivity index (χ4v) is 1.15. The molecule has 1 N–H and O–H groups in total. The summed E-state index contributed by atoms with van der Waals surface area (Å²) in [5.74, 6) is 0.645. The number of carbonyl (C=O) groups excluding carboxylic acids is 1. The van der Waals surface area contributed by atoms with Gasteiger partial charge < -0.3 is 0 Å². The van der Waals surface area contributed by atoms with E-state index in [1.807, 2.05) is 6.92 Å². The van der Waals surface area contributed by atoms with Crippen molar-refractivity contribution in [3.8, 4) is 0 Å². The Labute approximate surface area is 67.1 Å². The largest absolute Gasteiger partial charge is 0.274 e. The molecule has 0 aromatic carbocycles. The van der Waals surface area contributed by atoms with E-state index in [1.54, 1.807) is 0 Å². The molecule has 0 spiro atoms. The van der Waals surface area contributed by atoms with Gasteiger partial charge >= 0.3 is 0 Å². The Bertz CT molecular complexity index is 132. The molecule has 1 fully saturated rings. The van der Waals surface area contributed by atoms with E-state index in [0.29, 0.717) is 18.9 Å². The molecule has 1 amide bonds. The van der Waals surface area contributed by atoms with Crippen molar-refractivity contribution in [2.75, 3.05) is 6.61 Å². The van der Waals surface area contributed by atoms with Gasteiger partial charge in [0.05, 0.1) is 6.61 Å². The number of rotatable bonds is 4. The highest BCUT2D eigenvalue weighted by Gasteiger charge is 2.20. The number of hydroxylamine groups is 1. The normalized spacial score (nSPS) is 17.5. The molecule has 0 unspecified atom stereocenters. The van der Waals surface area contributed by atoms with E-state index in [2.05, 4.69) is 5.48 Å². The zero-order valence-electron chi connectivity index (χ0n) is 6.93. The third-order valence-electron chi connectivity index (χ3n) is 2.03. The van der Waals surface area contributed by atoms with Gasteiger partial charge in [-0.25, -0.2) is 5.48 Å². The zero-order chi connectivity index (χ0) is 8.10. The minimum Gasteiger partial charge on any atom is -0.274 e. The van der Waals surface area contributed by atoms with Crippen LogP contribution in [0.1, 0.15) is 32.6 Å². The number of carbonyl (C=O) groups is 1. The lowest BCUT2D eigenvalue weighted by molar-refractivity contribution is -0.134. The molecule has 64 valence electrons. The van der Waals surface area contributed by atoms with Gasteiger partial charge in [-0.2, -0.15) is 0 Å². The van der Waals surface area contributed by atoms with Crippen LogP contribution in [0.3, 0.4) is 0 Å². The highest BCUT2D eigenvalue weighted by molar-refractivity contribution is 5.75. The predicted molar refractivity (Wildman–Crippen MR) is 41.7 cm³/mol. The van der Waals surface area contributed by atoms with Gasteiger partial charge in [0.25, 0.3) is 0 Å². The fourth-order valence-electron chi connectivity index (χ4n) is 1.15. The van der Waals surface area contributed by atoms with Crippen LogP contribution in [0.15, 0.2) is 0 Å². The van der Waals surface area contributed by atoms with E-state index < -0.39 is 0 Å². The molecular formula is C8H15NO2. The molecule has 0 saturated heterocycles. The molecule has 0 atom stereocenters. The maximum Gasteiger partial charge on any atom is 0.243 e. The fraction of sp³-hybridized carbons (Fsp3) is 0.875. The second kappa shape index (κ2) is 4.34. The predicted octanol–water partition coefficient (Wildman–Crippen LogP) is 1.24. The Morgan fingerprint density at radius 2 is 2.36 bits per heavy atom. The topological polar surface area (TPSA) is 38.3 Å². The van der Waals surface area contributed by atoms with E-state index in [-0.39, 0.29) is 5.91 Å². The Morgan fingerprint density at radius 1 is 1.64 bits per heavy atom. The Kier molecular flexibility index (Phi) is 3.36. The first kappa shape index (κ1) is 8.53. The molecule has 3 nitrogen and oxygen atoms in total. The van der Waals surface area contributed by atoms with E-state index in [1.165, 1.54) is 19.3 Å². The van der Waals surface area contributed by atoms with Crippen LogP contribution in [0.4, 0.5) is 0 Å². The van der Waals surface area contributed by atoms with Crippen LogP contribution in [-0.4, -0.2) is 12.5 Å². The second-order valence-corrected chi connectivity index (χ2v) is 2.96. The molecule has 11 heavy (non-hydrogen) atoms. The van der Waals surface area contributed by atoms with Crippen molar-refractivity contribution in [2.24, 2.45) is 5.92 Å². The SMILES string of the molecule is CCONC(=O)CC1CCC1. The zero-order valence-corrected chi connectivity index (χ0v) is 6.93. The first-order valence-electron chi connectivity index (χ1n) is 4.23. The molecule has 0 radical (unpaired) electrons. The Morgan fingerprint density at radius 3 is 2.82 bits per heavy atom. The summed E-state index contributed by atoms with van der Waals surface area (Å²) in [6.45, 7) is 2.39. The third kappa shape index (κ3) is 2.89. The molecular weight excluding hydrogens is 142 g/mol. The smallest absolute Gasteiger partial charge is 0.243 e. The van der Waals surface area contributed by atoms with Crippen LogP contribution in [-0.2, 0) is 9.63 Å². The van der Waals surface area contributed by atoms with Crippen LogP contribution in [0.25, 0.3) is 0 Å². The summed E-state index contributed by atoms with van der Waals surface area (Å²) < 4.78 is 0. The van der Waals surface area contributed by atoms with Crippen molar-refractivity contribution in [3.05, 3.63) is 0 Å². The van der Waals surface area contributed by atoms with Gasteiger partial charge in [-0.05, 0) is 25.7 Å². The lowest BCUT2D eigenvalue weighted by atomic mass is 9.83. The van der Waals surface area contributed by atoms with Crippen LogP contribution in [0, 0.1) is 5.92 Å². The van der Waals surface area contributed by atoms with Gasteiger partial charge in [-0.15, -0.1) is 0 Å². The van der Waals surface area contributed by atoms with E-state index >= 15 is 0 Å².